The van der Waals surface area contributed by atoms with Gasteiger partial charge in [-0.1, -0.05) is 43.3 Å². The number of rotatable bonds is 6. The van der Waals surface area contributed by atoms with Crippen molar-refractivity contribution >= 4 is 37.8 Å². The molecule has 0 fully saturated rings. The lowest BCUT2D eigenvalue weighted by Gasteiger charge is -2.11. The van der Waals surface area contributed by atoms with E-state index in [0.29, 0.717) is 5.69 Å². The van der Waals surface area contributed by atoms with Crippen molar-refractivity contribution in [3.05, 3.63) is 76.6 Å². The Morgan fingerprint density at radius 3 is 2.40 bits per heavy atom. The van der Waals surface area contributed by atoms with E-state index in [2.05, 4.69) is 35.9 Å². The molecule has 0 bridgehead atoms. The molecule has 0 radical (unpaired) electrons. The molecule has 30 heavy (non-hydrogen) atoms. The minimum Gasteiger partial charge on any atom is -0.497 e. The van der Waals surface area contributed by atoms with Gasteiger partial charge in [0.05, 0.1) is 19.1 Å². The van der Waals surface area contributed by atoms with E-state index in [1.54, 1.807) is 30.6 Å². The van der Waals surface area contributed by atoms with Gasteiger partial charge in [0.15, 0.2) is 0 Å². The molecule has 0 saturated carbocycles. The van der Waals surface area contributed by atoms with E-state index < -0.39 is 10.0 Å². The number of hydrogen-bond acceptors (Lipinski definition) is 5. The van der Waals surface area contributed by atoms with Crippen molar-refractivity contribution in [2.75, 3.05) is 18.1 Å². The van der Waals surface area contributed by atoms with Crippen LogP contribution in [0.4, 0.5) is 5.69 Å². The van der Waals surface area contributed by atoms with Gasteiger partial charge in [0.25, 0.3) is 0 Å². The number of fused-ring (bicyclic) bond motifs is 1. The fourth-order valence-corrected chi connectivity index (χ4v) is 4.80. The SMILES string of the molecule is COc1ccc2cc(C(C)c3nc(-c4ccc(NS(C)(=O)=O)cc4)cs3)ccc2c1. The summed E-state index contributed by atoms with van der Waals surface area (Å²) in [6.45, 7) is 2.16. The minimum atomic E-state index is -3.28. The van der Waals surface area contributed by atoms with Crippen LogP contribution in [0, 0.1) is 0 Å². The van der Waals surface area contributed by atoms with Crippen LogP contribution in [-0.2, 0) is 10.0 Å². The van der Waals surface area contributed by atoms with E-state index in [1.165, 1.54) is 10.9 Å². The molecule has 0 spiro atoms. The molecule has 0 aliphatic rings. The summed E-state index contributed by atoms with van der Waals surface area (Å²) in [4.78, 5) is 4.83. The maximum atomic E-state index is 11.4. The van der Waals surface area contributed by atoms with Gasteiger partial charge in [0, 0.05) is 22.5 Å². The molecule has 7 heteroatoms. The fourth-order valence-electron chi connectivity index (χ4n) is 3.32. The highest BCUT2D eigenvalue weighted by molar-refractivity contribution is 7.92. The summed E-state index contributed by atoms with van der Waals surface area (Å²) in [6, 6.07) is 19.8. The smallest absolute Gasteiger partial charge is 0.229 e. The molecule has 1 unspecified atom stereocenters. The number of nitrogens with zero attached hydrogens (tertiary/aromatic N) is 1. The minimum absolute atomic E-state index is 0.168. The monoisotopic (exact) mass is 438 g/mol. The van der Waals surface area contributed by atoms with Crippen molar-refractivity contribution in [2.45, 2.75) is 12.8 Å². The predicted molar refractivity (Wildman–Crippen MR) is 124 cm³/mol. The molecular weight excluding hydrogens is 416 g/mol. The Balaban J connectivity index is 1.56. The summed E-state index contributed by atoms with van der Waals surface area (Å²) in [6.07, 6.45) is 1.14. The number of nitrogens with one attached hydrogen (secondary N) is 1. The summed E-state index contributed by atoms with van der Waals surface area (Å²) < 4.78 is 30.5. The Morgan fingerprint density at radius 2 is 1.70 bits per heavy atom. The second kappa shape index (κ2) is 8.08. The average Bonchev–Trinajstić information content (AvgIpc) is 3.22. The first kappa shape index (κ1) is 20.4. The molecular formula is C23H22N2O3S2. The van der Waals surface area contributed by atoms with Gasteiger partial charge in [-0.05, 0) is 40.6 Å². The lowest BCUT2D eigenvalue weighted by molar-refractivity contribution is 0.415. The van der Waals surface area contributed by atoms with E-state index in [0.717, 1.165) is 33.7 Å². The maximum Gasteiger partial charge on any atom is 0.229 e. The second-order valence-corrected chi connectivity index (χ2v) is 9.85. The van der Waals surface area contributed by atoms with Gasteiger partial charge in [-0.2, -0.15) is 0 Å². The van der Waals surface area contributed by atoms with Crippen LogP contribution in [0.25, 0.3) is 22.0 Å². The second-order valence-electron chi connectivity index (χ2n) is 7.22. The molecule has 4 aromatic rings. The topological polar surface area (TPSA) is 68.3 Å². The fraction of sp³-hybridized carbons (Fsp3) is 0.174. The summed E-state index contributed by atoms with van der Waals surface area (Å²) in [5, 5.41) is 5.39. The molecule has 3 aromatic carbocycles. The zero-order chi connectivity index (χ0) is 21.3. The Morgan fingerprint density at radius 1 is 1.00 bits per heavy atom. The highest BCUT2D eigenvalue weighted by atomic mass is 32.2. The summed E-state index contributed by atoms with van der Waals surface area (Å²) >= 11 is 1.63. The van der Waals surface area contributed by atoms with E-state index in [9.17, 15) is 8.42 Å². The Hall–Kier alpha value is -2.90. The maximum absolute atomic E-state index is 11.4. The van der Waals surface area contributed by atoms with Crippen LogP contribution in [0.3, 0.4) is 0 Å². The number of hydrogen-bond donors (Lipinski definition) is 1. The van der Waals surface area contributed by atoms with E-state index >= 15 is 0 Å². The lowest BCUT2D eigenvalue weighted by Crippen LogP contribution is -2.09. The van der Waals surface area contributed by atoms with Crippen molar-refractivity contribution in [3.8, 4) is 17.0 Å². The van der Waals surface area contributed by atoms with Crippen LogP contribution in [0.2, 0.25) is 0 Å². The molecule has 0 aliphatic carbocycles. The van der Waals surface area contributed by atoms with Gasteiger partial charge in [-0.3, -0.25) is 4.72 Å². The first-order chi connectivity index (χ1) is 14.3. The van der Waals surface area contributed by atoms with Crippen LogP contribution in [0.5, 0.6) is 5.75 Å². The third-order valence-electron chi connectivity index (χ3n) is 4.95. The third kappa shape index (κ3) is 4.47. The van der Waals surface area contributed by atoms with Gasteiger partial charge in [-0.25, -0.2) is 13.4 Å². The molecule has 154 valence electrons. The average molecular weight is 439 g/mol. The molecule has 0 aliphatic heterocycles. The van der Waals surface area contributed by atoms with Gasteiger partial charge in [-0.15, -0.1) is 11.3 Å². The van der Waals surface area contributed by atoms with E-state index in [-0.39, 0.29) is 5.92 Å². The molecule has 1 heterocycles. The Bertz CT molecular complexity index is 1300. The Kier molecular flexibility index (Phi) is 5.49. The highest BCUT2D eigenvalue weighted by Crippen LogP contribution is 2.33. The van der Waals surface area contributed by atoms with Crippen LogP contribution in [0.15, 0.2) is 66.0 Å². The highest BCUT2D eigenvalue weighted by Gasteiger charge is 2.14. The zero-order valence-corrected chi connectivity index (χ0v) is 18.5. The van der Waals surface area contributed by atoms with Gasteiger partial charge < -0.3 is 4.74 Å². The quantitative estimate of drug-likeness (QED) is 0.432. The van der Waals surface area contributed by atoms with Crippen LogP contribution >= 0.6 is 11.3 Å². The summed E-state index contributed by atoms with van der Waals surface area (Å²) in [5.41, 5.74) is 3.59. The molecule has 1 N–H and O–H groups in total. The molecule has 0 amide bonds. The zero-order valence-electron chi connectivity index (χ0n) is 16.9. The number of sulfonamides is 1. The first-order valence-corrected chi connectivity index (χ1v) is 12.2. The number of methoxy groups -OCH3 is 1. The number of anilines is 1. The molecule has 0 saturated heterocycles. The predicted octanol–water partition coefficient (Wildman–Crippen LogP) is 5.50. The molecule has 1 aromatic heterocycles. The number of benzene rings is 3. The number of aromatic nitrogens is 1. The van der Waals surface area contributed by atoms with Gasteiger partial charge in [0.1, 0.15) is 10.8 Å². The van der Waals surface area contributed by atoms with Crippen molar-refractivity contribution in [1.82, 2.24) is 4.98 Å². The van der Waals surface area contributed by atoms with Crippen LogP contribution in [0.1, 0.15) is 23.4 Å². The van der Waals surface area contributed by atoms with Crippen molar-refractivity contribution in [3.63, 3.8) is 0 Å². The van der Waals surface area contributed by atoms with Crippen LogP contribution < -0.4 is 9.46 Å². The Labute approximate surface area is 180 Å². The van der Waals surface area contributed by atoms with Crippen molar-refractivity contribution in [1.29, 1.82) is 0 Å². The third-order valence-corrected chi connectivity index (χ3v) is 6.58. The van der Waals surface area contributed by atoms with E-state index in [4.69, 9.17) is 9.72 Å². The summed E-state index contributed by atoms with van der Waals surface area (Å²) in [7, 11) is -1.61. The lowest BCUT2D eigenvalue weighted by atomic mass is 9.98. The summed E-state index contributed by atoms with van der Waals surface area (Å²) in [5.74, 6) is 1.02. The normalized spacial score (nSPS) is 12.6. The van der Waals surface area contributed by atoms with Gasteiger partial charge >= 0.3 is 0 Å². The van der Waals surface area contributed by atoms with Crippen LogP contribution in [-0.4, -0.2) is 26.8 Å². The van der Waals surface area contributed by atoms with Gasteiger partial charge in [0.2, 0.25) is 10.0 Å². The van der Waals surface area contributed by atoms with E-state index in [1.807, 2.05) is 29.6 Å². The molecule has 4 rings (SSSR count). The largest absolute Gasteiger partial charge is 0.497 e. The molecule has 5 nitrogen and oxygen atoms in total. The number of ether oxygens (including phenoxy) is 1. The number of thiazole rings is 1. The first-order valence-electron chi connectivity index (χ1n) is 9.44. The van der Waals surface area contributed by atoms with Crippen molar-refractivity contribution in [2.24, 2.45) is 0 Å². The standard InChI is InChI=1S/C23H22N2O3S2/c1-15(17-4-5-19-13-21(28-2)11-8-18(19)12-17)23-24-22(14-29-23)16-6-9-20(10-7-16)25-30(3,26)27/h4-15,25H,1-3H3. The van der Waals surface area contributed by atoms with Crippen molar-refractivity contribution < 1.29 is 13.2 Å². The molecule has 1 atom stereocenters.